The molecular formula is C24H23ClFN5O. The fourth-order valence-corrected chi connectivity index (χ4v) is 5.49. The fraction of sp³-hybridized carbons (Fsp3) is 0.375. The van der Waals surface area contributed by atoms with Crippen molar-refractivity contribution in [2.24, 2.45) is 0 Å². The first-order valence-corrected chi connectivity index (χ1v) is 11.4. The third-order valence-corrected chi connectivity index (χ3v) is 7.06. The summed E-state index contributed by atoms with van der Waals surface area (Å²) in [4.78, 5) is 2.23. The molecule has 32 heavy (non-hydrogen) atoms. The Hall–Kier alpha value is -2.77. The van der Waals surface area contributed by atoms with Crippen LogP contribution in [0.5, 0.6) is 0 Å². The predicted octanol–water partition coefficient (Wildman–Crippen LogP) is 5.59. The Labute approximate surface area is 190 Å². The van der Waals surface area contributed by atoms with E-state index in [1.54, 1.807) is 6.07 Å². The monoisotopic (exact) mass is 451 g/mol. The molecule has 3 heterocycles. The Kier molecular flexibility index (Phi) is 4.77. The molecule has 1 saturated carbocycles. The second kappa shape index (κ2) is 7.67. The lowest BCUT2D eigenvalue weighted by Gasteiger charge is -2.27. The van der Waals surface area contributed by atoms with E-state index in [0.717, 1.165) is 72.2 Å². The van der Waals surface area contributed by atoms with Crippen molar-refractivity contribution in [2.75, 3.05) is 7.05 Å². The lowest BCUT2D eigenvalue weighted by Crippen LogP contribution is -2.17. The molecule has 6 nitrogen and oxygen atoms in total. The van der Waals surface area contributed by atoms with Gasteiger partial charge in [0.2, 0.25) is 0 Å². The molecule has 1 aliphatic heterocycles. The summed E-state index contributed by atoms with van der Waals surface area (Å²) < 4.78 is 21.5. The summed E-state index contributed by atoms with van der Waals surface area (Å²) >= 11 is 6.29. The van der Waals surface area contributed by atoms with Crippen molar-refractivity contribution in [1.82, 2.24) is 24.8 Å². The second-order valence-electron chi connectivity index (χ2n) is 9.01. The first-order valence-electron chi connectivity index (χ1n) is 11.0. The number of benzene rings is 2. The van der Waals surface area contributed by atoms with Gasteiger partial charge in [0.1, 0.15) is 11.6 Å². The van der Waals surface area contributed by atoms with Crippen molar-refractivity contribution in [3.8, 4) is 5.69 Å². The SMILES string of the molecule is CN1Cc2cc(Cl)ccc2-n2c(nnc2C2CCC(c3noc4ccc(F)cc34)CC2)C1. The molecule has 0 bridgehead atoms. The largest absolute Gasteiger partial charge is 0.356 e. The summed E-state index contributed by atoms with van der Waals surface area (Å²) in [5.74, 6) is 2.30. The van der Waals surface area contributed by atoms with Gasteiger partial charge < -0.3 is 4.52 Å². The van der Waals surface area contributed by atoms with Crippen LogP contribution in [0.4, 0.5) is 4.39 Å². The Bertz CT molecular complexity index is 1310. The van der Waals surface area contributed by atoms with Crippen molar-refractivity contribution in [3.05, 3.63) is 70.1 Å². The van der Waals surface area contributed by atoms with Crippen LogP contribution in [0.3, 0.4) is 0 Å². The van der Waals surface area contributed by atoms with Gasteiger partial charge in [-0.2, -0.15) is 0 Å². The zero-order valence-corrected chi connectivity index (χ0v) is 18.5. The van der Waals surface area contributed by atoms with E-state index in [1.165, 1.54) is 17.7 Å². The number of aromatic nitrogens is 4. The van der Waals surface area contributed by atoms with Crippen LogP contribution in [0, 0.1) is 5.82 Å². The fourth-order valence-electron chi connectivity index (χ4n) is 5.30. The molecule has 0 amide bonds. The lowest BCUT2D eigenvalue weighted by atomic mass is 9.79. The van der Waals surface area contributed by atoms with Gasteiger partial charge in [0.15, 0.2) is 11.4 Å². The van der Waals surface area contributed by atoms with Crippen LogP contribution in [-0.2, 0) is 13.1 Å². The van der Waals surface area contributed by atoms with E-state index in [9.17, 15) is 4.39 Å². The second-order valence-corrected chi connectivity index (χ2v) is 9.45. The number of fused-ring (bicyclic) bond motifs is 4. The number of nitrogens with zero attached hydrogens (tertiary/aromatic N) is 5. The molecule has 8 heteroatoms. The van der Waals surface area contributed by atoms with Crippen molar-refractivity contribution in [3.63, 3.8) is 0 Å². The van der Waals surface area contributed by atoms with Gasteiger partial charge in [-0.05, 0) is 74.7 Å². The molecule has 0 radical (unpaired) electrons. The Morgan fingerprint density at radius 3 is 2.66 bits per heavy atom. The smallest absolute Gasteiger partial charge is 0.167 e. The van der Waals surface area contributed by atoms with Gasteiger partial charge in [0, 0.05) is 28.8 Å². The number of halogens is 2. The molecule has 0 atom stereocenters. The van der Waals surface area contributed by atoms with Gasteiger partial charge in [0.05, 0.1) is 17.9 Å². The highest BCUT2D eigenvalue weighted by Crippen LogP contribution is 2.42. The van der Waals surface area contributed by atoms with E-state index < -0.39 is 0 Å². The molecule has 0 spiro atoms. The molecule has 0 N–H and O–H groups in total. The van der Waals surface area contributed by atoms with Crippen LogP contribution in [0.25, 0.3) is 16.7 Å². The molecule has 0 unspecified atom stereocenters. The predicted molar refractivity (Wildman–Crippen MR) is 119 cm³/mol. The number of rotatable bonds is 2. The van der Waals surface area contributed by atoms with E-state index >= 15 is 0 Å². The quantitative estimate of drug-likeness (QED) is 0.397. The maximum absolute atomic E-state index is 13.8. The zero-order chi connectivity index (χ0) is 21.8. The van der Waals surface area contributed by atoms with Crippen LogP contribution in [-0.4, -0.2) is 31.9 Å². The van der Waals surface area contributed by atoms with Crippen LogP contribution >= 0.6 is 11.6 Å². The highest BCUT2D eigenvalue weighted by atomic mass is 35.5. The zero-order valence-electron chi connectivity index (χ0n) is 17.8. The Morgan fingerprint density at radius 1 is 1.00 bits per heavy atom. The van der Waals surface area contributed by atoms with Crippen LogP contribution in [0.2, 0.25) is 5.02 Å². The van der Waals surface area contributed by atoms with Crippen molar-refractivity contribution in [1.29, 1.82) is 0 Å². The highest BCUT2D eigenvalue weighted by molar-refractivity contribution is 6.30. The van der Waals surface area contributed by atoms with Crippen LogP contribution in [0.1, 0.15) is 60.4 Å². The van der Waals surface area contributed by atoms with Crippen molar-refractivity contribution >= 4 is 22.6 Å². The average Bonchev–Trinajstić information content (AvgIpc) is 3.35. The Morgan fingerprint density at radius 2 is 1.81 bits per heavy atom. The van der Waals surface area contributed by atoms with E-state index in [1.807, 2.05) is 12.1 Å². The molecule has 0 saturated heterocycles. The maximum atomic E-state index is 13.8. The summed E-state index contributed by atoms with van der Waals surface area (Å²) in [6, 6.07) is 10.6. The number of hydrogen-bond donors (Lipinski definition) is 0. The summed E-state index contributed by atoms with van der Waals surface area (Å²) in [5, 5.41) is 15.0. The van der Waals surface area contributed by atoms with Gasteiger partial charge in [-0.25, -0.2) is 4.39 Å². The summed E-state index contributed by atoms with van der Waals surface area (Å²) in [5.41, 5.74) is 3.82. The molecule has 4 aromatic rings. The first-order chi connectivity index (χ1) is 15.6. The van der Waals surface area contributed by atoms with Gasteiger partial charge in [-0.1, -0.05) is 16.8 Å². The molecular weight excluding hydrogens is 429 g/mol. The molecule has 164 valence electrons. The van der Waals surface area contributed by atoms with E-state index in [2.05, 4.69) is 37.9 Å². The Balaban J connectivity index is 1.30. The van der Waals surface area contributed by atoms with E-state index in [4.69, 9.17) is 16.1 Å². The van der Waals surface area contributed by atoms with Gasteiger partial charge in [-0.15, -0.1) is 10.2 Å². The van der Waals surface area contributed by atoms with Crippen LogP contribution in [0.15, 0.2) is 40.9 Å². The summed E-state index contributed by atoms with van der Waals surface area (Å²) in [6.07, 6.45) is 3.87. The maximum Gasteiger partial charge on any atom is 0.167 e. The lowest BCUT2D eigenvalue weighted by molar-refractivity contribution is 0.315. The summed E-state index contributed by atoms with van der Waals surface area (Å²) in [7, 11) is 2.09. The minimum Gasteiger partial charge on any atom is -0.356 e. The highest BCUT2D eigenvalue weighted by Gasteiger charge is 2.32. The minimum atomic E-state index is -0.259. The topological polar surface area (TPSA) is 60.0 Å². The molecule has 6 rings (SSSR count). The summed E-state index contributed by atoms with van der Waals surface area (Å²) in [6.45, 7) is 1.56. The molecule has 1 aliphatic carbocycles. The molecule has 2 aromatic heterocycles. The average molecular weight is 452 g/mol. The van der Waals surface area contributed by atoms with E-state index in [-0.39, 0.29) is 11.7 Å². The molecule has 2 aromatic carbocycles. The van der Waals surface area contributed by atoms with Crippen molar-refractivity contribution < 1.29 is 8.91 Å². The molecule has 1 fully saturated rings. The van der Waals surface area contributed by atoms with Gasteiger partial charge >= 0.3 is 0 Å². The van der Waals surface area contributed by atoms with Crippen LogP contribution < -0.4 is 0 Å². The van der Waals surface area contributed by atoms with E-state index in [0.29, 0.717) is 11.5 Å². The number of hydrogen-bond acceptors (Lipinski definition) is 5. The minimum absolute atomic E-state index is 0.259. The standard InChI is InChI=1S/C24H23ClFN5O/c1-30-12-16-10-17(25)6-8-20(16)31-22(13-30)27-28-24(31)15-4-2-14(3-5-15)23-19-11-18(26)7-9-21(19)32-29-23/h6-11,14-15H,2-5,12-13H2,1H3. The van der Waals surface area contributed by atoms with Gasteiger partial charge in [-0.3, -0.25) is 9.47 Å². The molecule has 2 aliphatic rings. The van der Waals surface area contributed by atoms with Crippen molar-refractivity contribution in [2.45, 2.75) is 50.6 Å². The normalized spacial score (nSPS) is 21.3. The third kappa shape index (κ3) is 3.31. The third-order valence-electron chi connectivity index (χ3n) is 6.83. The van der Waals surface area contributed by atoms with Gasteiger partial charge in [0.25, 0.3) is 0 Å². The first kappa shape index (κ1) is 19.9.